The van der Waals surface area contributed by atoms with E-state index < -0.39 is 0 Å². The first kappa shape index (κ1) is 17.5. The summed E-state index contributed by atoms with van der Waals surface area (Å²) in [5, 5.41) is 0. The van der Waals surface area contributed by atoms with Gasteiger partial charge in [0.2, 0.25) is 0 Å². The monoisotopic (exact) mass is 348 g/mol. The first-order valence-corrected chi connectivity index (χ1v) is 8.37. The quantitative estimate of drug-likeness (QED) is 0.534. The lowest BCUT2D eigenvalue weighted by atomic mass is 10.2. The van der Waals surface area contributed by atoms with Gasteiger partial charge in [0, 0.05) is 11.6 Å². The van der Waals surface area contributed by atoms with E-state index >= 15 is 0 Å². The topological polar surface area (TPSA) is 44.8 Å². The Morgan fingerprint density at radius 2 is 1.31 bits per heavy atom. The maximum atomic E-state index is 10.5. The lowest BCUT2D eigenvalue weighted by molar-refractivity contribution is -0.129. The largest absolute Gasteiger partial charge is 0.489 e. The van der Waals surface area contributed by atoms with Crippen molar-refractivity contribution in [2.75, 3.05) is 0 Å². The zero-order valence-electron chi connectivity index (χ0n) is 14.3. The van der Waals surface area contributed by atoms with Crippen LogP contribution in [-0.2, 0) is 29.4 Å². The van der Waals surface area contributed by atoms with Crippen molar-refractivity contribution in [2.45, 2.75) is 19.8 Å². The van der Waals surface area contributed by atoms with Gasteiger partial charge in [0.15, 0.2) is 0 Å². The fraction of sp³-hybridized carbons (Fsp3) is 0.136. The molecule has 0 aliphatic carbocycles. The Balaban J connectivity index is 1.71. The van der Waals surface area contributed by atoms with E-state index in [0.29, 0.717) is 31.2 Å². The summed E-state index contributed by atoms with van der Waals surface area (Å²) in [5.74, 6) is 1.34. The predicted molar refractivity (Wildman–Crippen MR) is 98.8 cm³/mol. The molecule has 3 aromatic rings. The summed E-state index contributed by atoms with van der Waals surface area (Å²) in [4.78, 5) is 10.5. The number of hydrogen-bond acceptors (Lipinski definition) is 4. The molecule has 3 rings (SSSR count). The molecule has 0 unspecified atom stereocenters. The second-order valence-corrected chi connectivity index (χ2v) is 5.73. The van der Waals surface area contributed by atoms with E-state index in [1.807, 2.05) is 78.9 Å². The maximum Gasteiger partial charge on any atom is 0.293 e. The average molecular weight is 348 g/mol. The molecule has 0 amide bonds. The van der Waals surface area contributed by atoms with E-state index in [1.54, 1.807) is 0 Å². The Morgan fingerprint density at radius 3 is 1.92 bits per heavy atom. The molecule has 0 fully saturated rings. The van der Waals surface area contributed by atoms with E-state index in [9.17, 15) is 4.79 Å². The summed E-state index contributed by atoms with van der Waals surface area (Å²) in [5.41, 5.74) is 2.94. The lowest BCUT2D eigenvalue weighted by Gasteiger charge is -2.14. The highest BCUT2D eigenvalue weighted by Gasteiger charge is 2.08. The maximum absolute atomic E-state index is 10.5. The standard InChI is InChI=1S/C22H20O4/c23-17-24-16-20-11-12-21(25-14-18-7-3-1-4-8-18)13-22(20)26-15-19-9-5-2-6-10-19/h1-13,17H,14-16H2. The van der Waals surface area contributed by atoms with Crippen LogP contribution in [0.5, 0.6) is 11.5 Å². The van der Waals surface area contributed by atoms with Crippen LogP contribution in [0.4, 0.5) is 0 Å². The molecule has 0 atom stereocenters. The van der Waals surface area contributed by atoms with Crippen LogP contribution in [-0.4, -0.2) is 6.47 Å². The third-order valence-electron chi connectivity index (χ3n) is 3.83. The summed E-state index contributed by atoms with van der Waals surface area (Å²) in [7, 11) is 0. The van der Waals surface area contributed by atoms with Crippen molar-refractivity contribution in [3.8, 4) is 11.5 Å². The molecular weight excluding hydrogens is 328 g/mol. The molecule has 0 radical (unpaired) electrons. The molecule has 0 aliphatic heterocycles. The van der Waals surface area contributed by atoms with Gasteiger partial charge in [0.1, 0.15) is 31.3 Å². The van der Waals surface area contributed by atoms with Gasteiger partial charge >= 0.3 is 0 Å². The van der Waals surface area contributed by atoms with Crippen molar-refractivity contribution in [2.24, 2.45) is 0 Å². The molecule has 0 saturated heterocycles. The van der Waals surface area contributed by atoms with Crippen LogP contribution in [0.2, 0.25) is 0 Å². The molecule has 0 bridgehead atoms. The SMILES string of the molecule is O=COCc1ccc(OCc2ccccc2)cc1OCc1ccccc1. The number of carbonyl (C=O) groups excluding carboxylic acids is 1. The molecule has 3 aromatic carbocycles. The molecule has 0 spiro atoms. The van der Waals surface area contributed by atoms with Crippen LogP contribution >= 0.6 is 0 Å². The highest BCUT2D eigenvalue weighted by atomic mass is 16.5. The van der Waals surface area contributed by atoms with Gasteiger partial charge in [-0.3, -0.25) is 4.79 Å². The molecule has 0 aliphatic rings. The average Bonchev–Trinajstić information content (AvgIpc) is 2.71. The lowest BCUT2D eigenvalue weighted by Crippen LogP contribution is -2.02. The van der Waals surface area contributed by atoms with E-state index in [1.165, 1.54) is 0 Å². The number of rotatable bonds is 9. The molecule has 0 aromatic heterocycles. The summed E-state index contributed by atoms with van der Waals surface area (Å²) >= 11 is 0. The van der Waals surface area contributed by atoms with Gasteiger partial charge < -0.3 is 14.2 Å². The first-order chi connectivity index (χ1) is 12.8. The van der Waals surface area contributed by atoms with Crippen LogP contribution < -0.4 is 9.47 Å². The summed E-state index contributed by atoms with van der Waals surface area (Å²) in [6.45, 7) is 1.49. The van der Waals surface area contributed by atoms with Gasteiger partial charge in [0.05, 0.1) is 0 Å². The van der Waals surface area contributed by atoms with Crippen molar-refractivity contribution in [3.05, 3.63) is 95.6 Å². The Bertz CT molecular complexity index is 816. The minimum atomic E-state index is 0.159. The zero-order valence-corrected chi connectivity index (χ0v) is 14.3. The number of ether oxygens (including phenoxy) is 3. The second kappa shape index (κ2) is 9.28. The molecule has 0 heterocycles. The summed E-state index contributed by atoms with van der Waals surface area (Å²) in [6, 6.07) is 25.4. The molecular formula is C22H20O4. The fourth-order valence-corrected chi connectivity index (χ4v) is 2.48. The summed E-state index contributed by atoms with van der Waals surface area (Å²) < 4.78 is 16.7. The molecule has 4 heteroatoms. The van der Waals surface area contributed by atoms with Gasteiger partial charge in [-0.15, -0.1) is 0 Å². The molecule has 0 N–H and O–H groups in total. The van der Waals surface area contributed by atoms with Crippen LogP contribution in [0.25, 0.3) is 0 Å². The van der Waals surface area contributed by atoms with Gasteiger partial charge in [-0.1, -0.05) is 60.7 Å². The number of carbonyl (C=O) groups is 1. The Hall–Kier alpha value is -3.27. The normalized spacial score (nSPS) is 10.2. The molecule has 26 heavy (non-hydrogen) atoms. The van der Waals surface area contributed by atoms with Crippen molar-refractivity contribution in [1.29, 1.82) is 0 Å². The Labute approximate surface area is 153 Å². The predicted octanol–water partition coefficient (Wildman–Crippen LogP) is 4.52. The van der Waals surface area contributed by atoms with E-state index in [0.717, 1.165) is 16.7 Å². The minimum Gasteiger partial charge on any atom is -0.489 e. The van der Waals surface area contributed by atoms with Crippen LogP contribution in [0, 0.1) is 0 Å². The second-order valence-electron chi connectivity index (χ2n) is 5.73. The molecule has 0 saturated carbocycles. The van der Waals surface area contributed by atoms with Gasteiger partial charge in [-0.25, -0.2) is 0 Å². The van der Waals surface area contributed by atoms with Gasteiger partial charge in [-0.05, 0) is 23.3 Å². The smallest absolute Gasteiger partial charge is 0.293 e. The minimum absolute atomic E-state index is 0.159. The third kappa shape index (κ3) is 5.11. The third-order valence-corrected chi connectivity index (χ3v) is 3.83. The van der Waals surface area contributed by atoms with E-state index in [-0.39, 0.29) is 6.61 Å². The van der Waals surface area contributed by atoms with Crippen LogP contribution in [0.1, 0.15) is 16.7 Å². The van der Waals surface area contributed by atoms with Crippen molar-refractivity contribution < 1.29 is 19.0 Å². The van der Waals surface area contributed by atoms with Crippen molar-refractivity contribution in [3.63, 3.8) is 0 Å². The Morgan fingerprint density at radius 1 is 0.692 bits per heavy atom. The van der Waals surface area contributed by atoms with E-state index in [2.05, 4.69) is 0 Å². The van der Waals surface area contributed by atoms with Crippen LogP contribution in [0.3, 0.4) is 0 Å². The van der Waals surface area contributed by atoms with Crippen LogP contribution in [0.15, 0.2) is 78.9 Å². The highest BCUT2D eigenvalue weighted by molar-refractivity contribution is 5.43. The Kier molecular flexibility index (Phi) is 6.26. The first-order valence-electron chi connectivity index (χ1n) is 8.37. The van der Waals surface area contributed by atoms with Gasteiger partial charge in [0.25, 0.3) is 6.47 Å². The van der Waals surface area contributed by atoms with E-state index in [4.69, 9.17) is 14.2 Å². The van der Waals surface area contributed by atoms with Crippen molar-refractivity contribution in [1.82, 2.24) is 0 Å². The molecule has 4 nitrogen and oxygen atoms in total. The van der Waals surface area contributed by atoms with Gasteiger partial charge in [-0.2, -0.15) is 0 Å². The van der Waals surface area contributed by atoms with Crippen molar-refractivity contribution >= 4 is 6.47 Å². The zero-order chi connectivity index (χ0) is 18.0. The fourth-order valence-electron chi connectivity index (χ4n) is 2.48. The molecule has 132 valence electrons. The number of hydrogen-bond donors (Lipinski definition) is 0. The number of benzene rings is 3. The highest BCUT2D eigenvalue weighted by Crippen LogP contribution is 2.27. The summed E-state index contributed by atoms with van der Waals surface area (Å²) in [6.07, 6.45) is 0.